The van der Waals surface area contributed by atoms with E-state index < -0.39 is 0 Å². The van der Waals surface area contributed by atoms with Gasteiger partial charge in [-0.2, -0.15) is 0 Å². The van der Waals surface area contributed by atoms with Crippen LogP contribution in [0.4, 0.5) is 0 Å². The molecule has 0 bridgehead atoms. The predicted octanol–water partition coefficient (Wildman–Crippen LogP) is 1.44. The summed E-state index contributed by atoms with van der Waals surface area (Å²) in [6.45, 7) is 3.62. The van der Waals surface area contributed by atoms with Gasteiger partial charge >= 0.3 is 0 Å². The van der Waals surface area contributed by atoms with Crippen LogP contribution in [0.3, 0.4) is 0 Å². The van der Waals surface area contributed by atoms with E-state index >= 15 is 0 Å². The fourth-order valence-electron chi connectivity index (χ4n) is 2.38. The molecule has 0 atom stereocenters. The minimum Gasteiger partial charge on any atom is -0.356 e. The number of hydrogen-bond acceptors (Lipinski definition) is 5. The Kier molecular flexibility index (Phi) is 5.37. The minimum atomic E-state index is 0.742. The SMILES string of the molecule is CN=C(NCCc1ncc(C)s1)NCCc1nnc2ccccn12. The number of fused-ring (bicyclic) bond motifs is 1. The molecule has 0 amide bonds. The van der Waals surface area contributed by atoms with E-state index in [0.717, 1.165) is 48.4 Å². The van der Waals surface area contributed by atoms with Crippen LogP contribution in [0.5, 0.6) is 0 Å². The third kappa shape index (κ3) is 4.08. The third-order valence-electron chi connectivity index (χ3n) is 3.55. The standard InChI is InChI=1S/C16H21N7S/c1-12-11-20-15(24-12)7-9-19-16(17-2)18-8-6-14-22-21-13-5-3-4-10-23(13)14/h3-5,10-11H,6-9H2,1-2H3,(H2,17,18,19). The van der Waals surface area contributed by atoms with E-state index in [1.807, 2.05) is 35.0 Å². The lowest BCUT2D eigenvalue weighted by Crippen LogP contribution is -2.39. The number of hydrogen-bond donors (Lipinski definition) is 2. The van der Waals surface area contributed by atoms with Crippen LogP contribution in [-0.4, -0.2) is 45.7 Å². The van der Waals surface area contributed by atoms with Crippen LogP contribution >= 0.6 is 11.3 Å². The smallest absolute Gasteiger partial charge is 0.191 e. The fourth-order valence-corrected chi connectivity index (χ4v) is 3.17. The van der Waals surface area contributed by atoms with E-state index in [-0.39, 0.29) is 0 Å². The van der Waals surface area contributed by atoms with Gasteiger partial charge in [0, 0.05) is 50.2 Å². The Morgan fingerprint density at radius 1 is 1.21 bits per heavy atom. The zero-order chi connectivity index (χ0) is 16.8. The number of aromatic nitrogens is 4. The minimum absolute atomic E-state index is 0.742. The summed E-state index contributed by atoms with van der Waals surface area (Å²) in [7, 11) is 1.77. The number of rotatable bonds is 6. The quantitative estimate of drug-likeness (QED) is 0.523. The first kappa shape index (κ1) is 16.4. The average molecular weight is 343 g/mol. The summed E-state index contributed by atoms with van der Waals surface area (Å²) in [5.41, 5.74) is 0.869. The molecule has 0 aliphatic carbocycles. The van der Waals surface area contributed by atoms with Crippen molar-refractivity contribution in [1.29, 1.82) is 0 Å². The fraction of sp³-hybridized carbons (Fsp3) is 0.375. The number of pyridine rings is 1. The number of aryl methyl sites for hydroxylation is 1. The first-order chi connectivity index (χ1) is 11.8. The second kappa shape index (κ2) is 7.87. The lowest BCUT2D eigenvalue weighted by molar-refractivity contribution is 0.755. The molecule has 0 unspecified atom stereocenters. The average Bonchev–Trinajstić information content (AvgIpc) is 3.20. The van der Waals surface area contributed by atoms with E-state index in [2.05, 4.69) is 37.7 Å². The van der Waals surface area contributed by atoms with Crippen molar-refractivity contribution in [3.8, 4) is 0 Å². The van der Waals surface area contributed by atoms with Crippen molar-refractivity contribution >= 4 is 22.9 Å². The zero-order valence-corrected chi connectivity index (χ0v) is 14.7. The molecule has 3 heterocycles. The Labute approximate surface area is 144 Å². The second-order valence-electron chi connectivity index (χ2n) is 5.34. The first-order valence-corrected chi connectivity index (χ1v) is 8.72. The number of nitrogens with one attached hydrogen (secondary N) is 2. The molecule has 0 saturated carbocycles. The number of guanidine groups is 1. The van der Waals surface area contributed by atoms with Crippen LogP contribution in [0.25, 0.3) is 5.65 Å². The van der Waals surface area contributed by atoms with Gasteiger partial charge in [0.25, 0.3) is 0 Å². The van der Waals surface area contributed by atoms with Crippen molar-refractivity contribution in [2.45, 2.75) is 19.8 Å². The molecule has 0 spiro atoms. The highest BCUT2D eigenvalue weighted by atomic mass is 32.1. The molecule has 3 aromatic rings. The van der Waals surface area contributed by atoms with Gasteiger partial charge in [-0.25, -0.2) is 4.98 Å². The Morgan fingerprint density at radius 3 is 2.79 bits per heavy atom. The topological polar surface area (TPSA) is 79.5 Å². The van der Waals surface area contributed by atoms with E-state index in [1.54, 1.807) is 18.4 Å². The molecule has 24 heavy (non-hydrogen) atoms. The molecule has 7 nitrogen and oxygen atoms in total. The summed E-state index contributed by atoms with van der Waals surface area (Å²) < 4.78 is 2.00. The van der Waals surface area contributed by atoms with E-state index in [9.17, 15) is 0 Å². The van der Waals surface area contributed by atoms with E-state index in [0.29, 0.717) is 0 Å². The summed E-state index contributed by atoms with van der Waals surface area (Å²) >= 11 is 1.73. The Hall–Kier alpha value is -2.48. The van der Waals surface area contributed by atoms with Crippen molar-refractivity contribution < 1.29 is 0 Å². The molecule has 0 fully saturated rings. The Bertz CT molecular complexity index is 821. The van der Waals surface area contributed by atoms with Gasteiger partial charge in [-0.3, -0.25) is 9.39 Å². The van der Waals surface area contributed by atoms with Crippen molar-refractivity contribution in [3.63, 3.8) is 0 Å². The van der Waals surface area contributed by atoms with Crippen LogP contribution < -0.4 is 10.6 Å². The van der Waals surface area contributed by atoms with Crippen LogP contribution in [0.15, 0.2) is 35.6 Å². The normalized spacial score (nSPS) is 11.8. The Morgan fingerprint density at radius 2 is 2.04 bits per heavy atom. The highest BCUT2D eigenvalue weighted by Gasteiger charge is 2.05. The third-order valence-corrected chi connectivity index (χ3v) is 4.52. The van der Waals surface area contributed by atoms with Gasteiger partial charge in [-0.05, 0) is 19.1 Å². The predicted molar refractivity (Wildman–Crippen MR) is 96.6 cm³/mol. The van der Waals surface area contributed by atoms with Crippen molar-refractivity contribution in [2.24, 2.45) is 4.99 Å². The van der Waals surface area contributed by atoms with Crippen molar-refractivity contribution in [3.05, 3.63) is 46.3 Å². The molecule has 0 saturated heterocycles. The summed E-state index contributed by atoms with van der Waals surface area (Å²) in [5, 5.41) is 16.1. The summed E-state index contributed by atoms with van der Waals surface area (Å²) in [6, 6.07) is 5.89. The molecule has 3 rings (SSSR count). The van der Waals surface area contributed by atoms with Gasteiger partial charge in [0.1, 0.15) is 5.82 Å². The zero-order valence-electron chi connectivity index (χ0n) is 13.9. The molecular weight excluding hydrogens is 322 g/mol. The summed E-state index contributed by atoms with van der Waals surface area (Å²) in [4.78, 5) is 9.85. The lowest BCUT2D eigenvalue weighted by Gasteiger charge is -2.10. The van der Waals surface area contributed by atoms with Crippen LogP contribution in [0.2, 0.25) is 0 Å². The molecule has 8 heteroatoms. The van der Waals surface area contributed by atoms with Crippen LogP contribution in [0.1, 0.15) is 15.7 Å². The van der Waals surface area contributed by atoms with Gasteiger partial charge in [-0.15, -0.1) is 21.5 Å². The van der Waals surface area contributed by atoms with E-state index in [4.69, 9.17) is 0 Å². The van der Waals surface area contributed by atoms with Crippen molar-refractivity contribution in [2.75, 3.05) is 20.1 Å². The van der Waals surface area contributed by atoms with E-state index in [1.165, 1.54) is 4.88 Å². The summed E-state index contributed by atoms with van der Waals surface area (Å²) in [5.74, 6) is 1.73. The molecule has 0 aromatic carbocycles. The molecule has 2 N–H and O–H groups in total. The maximum Gasteiger partial charge on any atom is 0.191 e. The van der Waals surface area contributed by atoms with Crippen molar-refractivity contribution in [1.82, 2.24) is 30.2 Å². The highest BCUT2D eigenvalue weighted by molar-refractivity contribution is 7.11. The van der Waals surface area contributed by atoms with Gasteiger partial charge in [0.05, 0.1) is 5.01 Å². The molecule has 0 aliphatic heterocycles. The molecule has 0 aliphatic rings. The highest BCUT2D eigenvalue weighted by Crippen LogP contribution is 2.10. The molecule has 126 valence electrons. The molecule has 0 radical (unpaired) electrons. The van der Waals surface area contributed by atoms with Gasteiger partial charge in [-0.1, -0.05) is 6.07 Å². The number of aliphatic imine (C=N–C) groups is 1. The van der Waals surface area contributed by atoms with Gasteiger partial charge in [0.2, 0.25) is 0 Å². The lowest BCUT2D eigenvalue weighted by atomic mass is 10.4. The maximum atomic E-state index is 4.36. The number of thiazole rings is 1. The van der Waals surface area contributed by atoms with Gasteiger partial charge in [0.15, 0.2) is 11.6 Å². The monoisotopic (exact) mass is 343 g/mol. The largest absolute Gasteiger partial charge is 0.356 e. The molecule has 3 aromatic heterocycles. The van der Waals surface area contributed by atoms with Crippen LogP contribution in [0, 0.1) is 6.92 Å². The Balaban J connectivity index is 1.44. The summed E-state index contributed by atoms with van der Waals surface area (Å²) in [6.07, 6.45) is 5.56. The van der Waals surface area contributed by atoms with Gasteiger partial charge < -0.3 is 10.6 Å². The second-order valence-corrected chi connectivity index (χ2v) is 6.65. The number of nitrogens with zero attached hydrogens (tertiary/aromatic N) is 5. The van der Waals surface area contributed by atoms with Crippen LogP contribution in [-0.2, 0) is 12.8 Å². The first-order valence-electron chi connectivity index (χ1n) is 7.91. The molecular formula is C16H21N7S. The maximum absolute atomic E-state index is 4.36.